The Balaban J connectivity index is 3.25. The molecule has 0 spiro atoms. The second-order valence-electron chi connectivity index (χ2n) is 2.66. The van der Waals surface area contributed by atoms with E-state index in [4.69, 9.17) is 9.47 Å². The van der Waals surface area contributed by atoms with Crippen molar-refractivity contribution >= 4 is 22.6 Å². The third-order valence-corrected chi connectivity index (χ3v) is 2.52. The molecule has 0 radical (unpaired) electrons. The monoisotopic (exact) mass is 348 g/mol. The number of ether oxygens (including phenoxy) is 3. The molecule has 1 aromatic carbocycles. The van der Waals surface area contributed by atoms with E-state index in [0.29, 0.717) is 3.57 Å². The van der Waals surface area contributed by atoms with Gasteiger partial charge in [-0.05, 0) is 34.7 Å². The van der Waals surface area contributed by atoms with Gasteiger partial charge in [-0.25, -0.2) is 0 Å². The molecular formula is C9H8F3IO3. The minimum Gasteiger partial charge on any atom is -0.493 e. The summed E-state index contributed by atoms with van der Waals surface area (Å²) in [7, 11) is 2.52. The molecule has 0 N–H and O–H groups in total. The van der Waals surface area contributed by atoms with Crippen molar-refractivity contribution in [2.24, 2.45) is 0 Å². The van der Waals surface area contributed by atoms with Gasteiger partial charge in [0.1, 0.15) is 0 Å². The molecule has 0 unspecified atom stereocenters. The summed E-state index contributed by atoms with van der Waals surface area (Å²) >= 11 is 1.84. The highest BCUT2D eigenvalue weighted by Gasteiger charge is 2.34. The van der Waals surface area contributed by atoms with Crippen molar-refractivity contribution in [3.63, 3.8) is 0 Å². The predicted molar refractivity (Wildman–Crippen MR) is 58.9 cm³/mol. The zero-order chi connectivity index (χ0) is 12.3. The molecule has 0 aliphatic carbocycles. The van der Waals surface area contributed by atoms with Gasteiger partial charge in [0.05, 0.1) is 17.8 Å². The highest BCUT2D eigenvalue weighted by Crippen LogP contribution is 2.42. The molecule has 16 heavy (non-hydrogen) atoms. The lowest BCUT2D eigenvalue weighted by Crippen LogP contribution is -2.18. The Bertz CT molecular complexity index is 379. The van der Waals surface area contributed by atoms with Crippen LogP contribution in [0.5, 0.6) is 17.2 Å². The summed E-state index contributed by atoms with van der Waals surface area (Å²) < 4.78 is 50.5. The van der Waals surface area contributed by atoms with Crippen LogP contribution in [-0.2, 0) is 0 Å². The molecule has 3 nitrogen and oxygen atoms in total. The predicted octanol–water partition coefficient (Wildman–Crippen LogP) is 3.21. The van der Waals surface area contributed by atoms with E-state index in [1.54, 1.807) is 6.07 Å². The topological polar surface area (TPSA) is 27.7 Å². The Morgan fingerprint density at radius 1 is 1.06 bits per heavy atom. The Hall–Kier alpha value is -0.860. The first-order valence-corrected chi connectivity index (χ1v) is 5.13. The molecular weight excluding hydrogens is 340 g/mol. The van der Waals surface area contributed by atoms with Gasteiger partial charge in [-0.1, -0.05) is 0 Å². The van der Waals surface area contributed by atoms with Crippen LogP contribution in [0, 0.1) is 3.57 Å². The molecule has 1 rings (SSSR count). The van der Waals surface area contributed by atoms with Crippen LogP contribution in [0.4, 0.5) is 13.2 Å². The first-order chi connectivity index (χ1) is 7.39. The normalized spacial score (nSPS) is 11.1. The summed E-state index contributed by atoms with van der Waals surface area (Å²) in [6, 6.07) is 2.95. The Kier molecular flexibility index (Phi) is 4.11. The summed E-state index contributed by atoms with van der Waals surface area (Å²) in [5.74, 6) is -0.503. The molecule has 7 heteroatoms. The number of hydrogen-bond donors (Lipinski definition) is 0. The van der Waals surface area contributed by atoms with Crippen LogP contribution in [0.1, 0.15) is 0 Å². The smallest absolute Gasteiger partial charge is 0.493 e. The van der Waals surface area contributed by atoms with E-state index < -0.39 is 12.1 Å². The van der Waals surface area contributed by atoms with Gasteiger partial charge in [0, 0.05) is 0 Å². The summed E-state index contributed by atoms with van der Waals surface area (Å²) in [6.07, 6.45) is -4.79. The van der Waals surface area contributed by atoms with Crippen molar-refractivity contribution in [3.05, 3.63) is 15.7 Å². The van der Waals surface area contributed by atoms with Gasteiger partial charge < -0.3 is 14.2 Å². The molecule has 1 aromatic rings. The molecule has 90 valence electrons. The van der Waals surface area contributed by atoms with Crippen LogP contribution in [-0.4, -0.2) is 20.6 Å². The fraction of sp³-hybridized carbons (Fsp3) is 0.333. The van der Waals surface area contributed by atoms with Gasteiger partial charge in [-0.15, -0.1) is 13.2 Å². The Morgan fingerprint density at radius 2 is 1.69 bits per heavy atom. The van der Waals surface area contributed by atoms with Gasteiger partial charge >= 0.3 is 6.36 Å². The van der Waals surface area contributed by atoms with E-state index in [-0.39, 0.29) is 11.5 Å². The van der Waals surface area contributed by atoms with Crippen LogP contribution < -0.4 is 14.2 Å². The first-order valence-electron chi connectivity index (χ1n) is 4.05. The summed E-state index contributed by atoms with van der Waals surface area (Å²) in [6.45, 7) is 0. The Morgan fingerprint density at radius 3 is 2.12 bits per heavy atom. The molecule has 0 saturated heterocycles. The number of methoxy groups -OCH3 is 2. The molecule has 0 aliphatic rings. The van der Waals surface area contributed by atoms with Crippen molar-refractivity contribution in [1.29, 1.82) is 0 Å². The lowest BCUT2D eigenvalue weighted by Gasteiger charge is -2.16. The van der Waals surface area contributed by atoms with Crippen molar-refractivity contribution in [3.8, 4) is 17.2 Å². The lowest BCUT2D eigenvalue weighted by atomic mass is 10.3. The van der Waals surface area contributed by atoms with E-state index >= 15 is 0 Å². The van der Waals surface area contributed by atoms with Crippen LogP contribution in [0.25, 0.3) is 0 Å². The van der Waals surface area contributed by atoms with Crippen molar-refractivity contribution in [2.45, 2.75) is 6.36 Å². The molecule has 0 bridgehead atoms. The molecule has 0 fully saturated rings. The molecule has 0 atom stereocenters. The maximum absolute atomic E-state index is 12.2. The zero-order valence-corrected chi connectivity index (χ0v) is 10.5. The largest absolute Gasteiger partial charge is 0.573 e. The van der Waals surface area contributed by atoms with Gasteiger partial charge in [-0.3, -0.25) is 0 Å². The van der Waals surface area contributed by atoms with Gasteiger partial charge in [0.25, 0.3) is 0 Å². The maximum Gasteiger partial charge on any atom is 0.573 e. The molecule has 0 amide bonds. The highest BCUT2D eigenvalue weighted by molar-refractivity contribution is 14.1. The first kappa shape index (κ1) is 13.2. The number of hydrogen-bond acceptors (Lipinski definition) is 3. The van der Waals surface area contributed by atoms with Crippen molar-refractivity contribution < 1.29 is 27.4 Å². The van der Waals surface area contributed by atoms with E-state index in [0.717, 1.165) is 0 Å². The third-order valence-electron chi connectivity index (χ3n) is 1.67. The second-order valence-corrected chi connectivity index (χ2v) is 3.82. The van der Waals surface area contributed by atoms with E-state index in [1.165, 1.54) is 20.3 Å². The molecule has 0 heterocycles. The Labute approximate surface area is 104 Å². The van der Waals surface area contributed by atoms with E-state index in [9.17, 15) is 13.2 Å². The fourth-order valence-electron chi connectivity index (χ4n) is 1.08. The quantitative estimate of drug-likeness (QED) is 0.786. The minimum absolute atomic E-state index is 0.00252. The maximum atomic E-state index is 12.2. The number of halogens is 4. The summed E-state index contributed by atoms with van der Waals surface area (Å²) in [5.41, 5.74) is 0. The standard InChI is InChI=1S/C9H8F3IO3/c1-14-6-4-3-5(13)7(15-2)8(6)16-9(10,11)12/h3-4H,1-2H3. The van der Waals surface area contributed by atoms with Crippen molar-refractivity contribution in [1.82, 2.24) is 0 Å². The molecule has 0 aromatic heterocycles. The molecule has 0 aliphatic heterocycles. The van der Waals surface area contributed by atoms with Gasteiger partial charge in [-0.2, -0.15) is 0 Å². The van der Waals surface area contributed by atoms with Gasteiger partial charge in [0.15, 0.2) is 11.5 Å². The average molecular weight is 348 g/mol. The van der Waals surface area contributed by atoms with Crippen molar-refractivity contribution in [2.75, 3.05) is 14.2 Å². The minimum atomic E-state index is -4.79. The van der Waals surface area contributed by atoms with Crippen LogP contribution >= 0.6 is 22.6 Å². The number of benzene rings is 1. The van der Waals surface area contributed by atoms with Gasteiger partial charge in [0.2, 0.25) is 5.75 Å². The fourth-order valence-corrected chi connectivity index (χ4v) is 1.73. The number of rotatable bonds is 3. The summed E-state index contributed by atoms with van der Waals surface area (Å²) in [5, 5.41) is 0. The molecule has 0 saturated carbocycles. The van der Waals surface area contributed by atoms with Crippen LogP contribution in [0.2, 0.25) is 0 Å². The van der Waals surface area contributed by atoms with E-state index in [2.05, 4.69) is 4.74 Å². The third kappa shape index (κ3) is 3.06. The van der Waals surface area contributed by atoms with E-state index in [1.807, 2.05) is 22.6 Å². The summed E-state index contributed by atoms with van der Waals surface area (Å²) in [4.78, 5) is 0. The second kappa shape index (κ2) is 4.98. The SMILES string of the molecule is COc1ccc(I)c(OC)c1OC(F)(F)F. The van der Waals surface area contributed by atoms with Crippen LogP contribution in [0.15, 0.2) is 12.1 Å². The van der Waals surface area contributed by atoms with Crippen LogP contribution in [0.3, 0.4) is 0 Å². The zero-order valence-electron chi connectivity index (χ0n) is 8.39. The number of alkyl halides is 3. The lowest BCUT2D eigenvalue weighted by molar-refractivity contribution is -0.275. The average Bonchev–Trinajstić information content (AvgIpc) is 2.16. The highest BCUT2D eigenvalue weighted by atomic mass is 127.